The first-order chi connectivity index (χ1) is 11.8. The predicted octanol–water partition coefficient (Wildman–Crippen LogP) is 5.83. The van der Waals surface area contributed by atoms with Crippen LogP contribution < -0.4 is 10.3 Å². The minimum absolute atomic E-state index is 0.105. The Hall–Kier alpha value is -1.77. The van der Waals surface area contributed by atoms with E-state index in [0.717, 1.165) is 17.3 Å². The van der Waals surface area contributed by atoms with Crippen molar-refractivity contribution in [1.82, 2.24) is 4.98 Å². The van der Waals surface area contributed by atoms with Gasteiger partial charge in [-0.15, -0.1) is 0 Å². The van der Waals surface area contributed by atoms with Gasteiger partial charge in [0, 0.05) is 11.5 Å². The predicted molar refractivity (Wildman–Crippen MR) is 102 cm³/mol. The van der Waals surface area contributed by atoms with Crippen molar-refractivity contribution < 1.29 is 4.74 Å². The van der Waals surface area contributed by atoms with Crippen LogP contribution in [-0.2, 0) is 0 Å². The van der Waals surface area contributed by atoms with E-state index in [9.17, 15) is 4.79 Å². The summed E-state index contributed by atoms with van der Waals surface area (Å²) in [7, 11) is 0. The third-order valence-corrected chi connectivity index (χ3v) is 4.47. The molecule has 0 aliphatic heterocycles. The Labute approximate surface area is 145 Å². The molecule has 2 aromatic rings. The summed E-state index contributed by atoms with van der Waals surface area (Å²) < 4.78 is 5.85. The average molecular weight is 329 g/mol. The Kier molecular flexibility index (Phi) is 8.43. The molecule has 0 spiro atoms. The summed E-state index contributed by atoms with van der Waals surface area (Å²) in [6.45, 7) is 2.94. The van der Waals surface area contributed by atoms with Crippen molar-refractivity contribution in [1.29, 1.82) is 0 Å². The number of unbranched alkanes of at least 4 members (excludes halogenated alkanes) is 9. The van der Waals surface area contributed by atoms with E-state index in [-0.39, 0.29) is 5.56 Å². The quantitative estimate of drug-likeness (QED) is 0.498. The van der Waals surface area contributed by atoms with Crippen LogP contribution in [0.25, 0.3) is 10.9 Å². The summed E-state index contributed by atoms with van der Waals surface area (Å²) >= 11 is 0. The Morgan fingerprint density at radius 3 is 2.21 bits per heavy atom. The molecule has 3 nitrogen and oxygen atoms in total. The topological polar surface area (TPSA) is 42.1 Å². The normalized spacial score (nSPS) is 11.0. The highest BCUT2D eigenvalue weighted by Crippen LogP contribution is 2.22. The van der Waals surface area contributed by atoms with Crippen molar-refractivity contribution in [2.75, 3.05) is 6.61 Å². The van der Waals surface area contributed by atoms with Gasteiger partial charge in [0.25, 0.3) is 5.56 Å². The average Bonchev–Trinajstić information content (AvgIpc) is 2.59. The summed E-state index contributed by atoms with van der Waals surface area (Å²) in [5.74, 6) is 0.699. The lowest BCUT2D eigenvalue weighted by Gasteiger charge is -2.09. The van der Waals surface area contributed by atoms with Crippen LogP contribution in [0.1, 0.15) is 71.1 Å². The molecule has 0 amide bonds. The monoisotopic (exact) mass is 329 g/mol. The van der Waals surface area contributed by atoms with Gasteiger partial charge >= 0.3 is 0 Å². The molecule has 0 aliphatic carbocycles. The number of pyridine rings is 1. The lowest BCUT2D eigenvalue weighted by Crippen LogP contribution is -2.07. The molecular weight excluding hydrogens is 298 g/mol. The number of hydrogen-bond donors (Lipinski definition) is 1. The van der Waals surface area contributed by atoms with Gasteiger partial charge in [-0.1, -0.05) is 76.8 Å². The Bertz CT molecular complexity index is 648. The number of aromatic nitrogens is 1. The largest absolute Gasteiger partial charge is 0.493 e. The number of fused-ring (bicyclic) bond motifs is 1. The molecular formula is C21H31NO2. The van der Waals surface area contributed by atoms with Crippen LogP contribution in [0.5, 0.6) is 5.75 Å². The molecule has 0 unspecified atom stereocenters. The number of aromatic amines is 1. The second kappa shape index (κ2) is 10.9. The maximum Gasteiger partial charge on any atom is 0.252 e. The van der Waals surface area contributed by atoms with Crippen LogP contribution in [0.4, 0.5) is 0 Å². The first-order valence-electron chi connectivity index (χ1n) is 9.56. The van der Waals surface area contributed by atoms with E-state index in [1.54, 1.807) is 6.07 Å². The lowest BCUT2D eigenvalue weighted by molar-refractivity contribution is 0.307. The standard InChI is InChI=1S/C21H31NO2/c1-2-3-4-5-6-7-8-9-10-13-16-24-20-17-21(23)22-19-15-12-11-14-18(19)20/h11-12,14-15,17H,2-10,13,16H2,1H3,(H,22,23). The van der Waals surface area contributed by atoms with Gasteiger partial charge in [-0.25, -0.2) is 0 Å². The molecule has 1 heterocycles. The SMILES string of the molecule is CCCCCCCCCCCCOc1cc(=O)[nH]c2ccccc12. The second-order valence-corrected chi connectivity index (χ2v) is 6.57. The van der Waals surface area contributed by atoms with E-state index in [1.165, 1.54) is 57.8 Å². The van der Waals surface area contributed by atoms with E-state index in [0.29, 0.717) is 12.4 Å². The molecule has 0 bridgehead atoms. The molecule has 2 rings (SSSR count). The Balaban J connectivity index is 1.61. The van der Waals surface area contributed by atoms with Crippen molar-refractivity contribution >= 4 is 10.9 Å². The fourth-order valence-corrected chi connectivity index (χ4v) is 3.06. The molecule has 132 valence electrons. The van der Waals surface area contributed by atoms with Gasteiger partial charge in [0.05, 0.1) is 12.1 Å². The Morgan fingerprint density at radius 1 is 0.875 bits per heavy atom. The van der Waals surface area contributed by atoms with Crippen LogP contribution in [-0.4, -0.2) is 11.6 Å². The van der Waals surface area contributed by atoms with Crippen LogP contribution >= 0.6 is 0 Å². The Morgan fingerprint density at radius 2 is 1.50 bits per heavy atom. The summed E-state index contributed by atoms with van der Waals surface area (Å²) in [6, 6.07) is 9.33. The van der Waals surface area contributed by atoms with Crippen LogP contribution in [0.2, 0.25) is 0 Å². The van der Waals surface area contributed by atoms with Gasteiger partial charge in [-0.05, 0) is 18.6 Å². The number of ether oxygens (including phenoxy) is 1. The van der Waals surface area contributed by atoms with Crippen molar-refractivity contribution in [3.8, 4) is 5.75 Å². The van der Waals surface area contributed by atoms with Gasteiger partial charge in [-0.3, -0.25) is 4.79 Å². The summed E-state index contributed by atoms with van der Waals surface area (Å²) in [4.78, 5) is 14.5. The molecule has 1 N–H and O–H groups in total. The van der Waals surface area contributed by atoms with E-state index >= 15 is 0 Å². The number of benzene rings is 1. The van der Waals surface area contributed by atoms with E-state index in [2.05, 4.69) is 11.9 Å². The maximum absolute atomic E-state index is 11.7. The smallest absolute Gasteiger partial charge is 0.252 e. The zero-order valence-corrected chi connectivity index (χ0v) is 15.0. The first kappa shape index (κ1) is 18.6. The summed E-state index contributed by atoms with van der Waals surface area (Å²) in [5.41, 5.74) is 0.731. The molecule has 0 saturated heterocycles. The highest BCUT2D eigenvalue weighted by atomic mass is 16.5. The van der Waals surface area contributed by atoms with Crippen LogP contribution in [0.15, 0.2) is 35.1 Å². The van der Waals surface area contributed by atoms with Gasteiger partial charge in [-0.2, -0.15) is 0 Å². The number of nitrogens with one attached hydrogen (secondary N) is 1. The van der Waals surface area contributed by atoms with Gasteiger partial charge in [0.2, 0.25) is 0 Å². The molecule has 1 aromatic heterocycles. The van der Waals surface area contributed by atoms with Crippen molar-refractivity contribution in [3.63, 3.8) is 0 Å². The van der Waals surface area contributed by atoms with Gasteiger partial charge < -0.3 is 9.72 Å². The molecule has 3 heteroatoms. The van der Waals surface area contributed by atoms with Gasteiger partial charge in [0.15, 0.2) is 0 Å². The molecule has 0 atom stereocenters. The van der Waals surface area contributed by atoms with Crippen LogP contribution in [0.3, 0.4) is 0 Å². The number of rotatable bonds is 12. The fraction of sp³-hybridized carbons (Fsp3) is 0.571. The zero-order valence-electron chi connectivity index (χ0n) is 15.0. The lowest BCUT2D eigenvalue weighted by atomic mass is 10.1. The minimum Gasteiger partial charge on any atom is -0.493 e. The third-order valence-electron chi connectivity index (χ3n) is 4.47. The van der Waals surface area contributed by atoms with Gasteiger partial charge in [0.1, 0.15) is 5.75 Å². The summed E-state index contributed by atoms with van der Waals surface area (Å²) in [6.07, 6.45) is 13.1. The van der Waals surface area contributed by atoms with Crippen molar-refractivity contribution in [3.05, 3.63) is 40.7 Å². The van der Waals surface area contributed by atoms with Crippen molar-refractivity contribution in [2.24, 2.45) is 0 Å². The fourth-order valence-electron chi connectivity index (χ4n) is 3.06. The molecule has 0 aliphatic rings. The molecule has 0 fully saturated rings. The molecule has 24 heavy (non-hydrogen) atoms. The molecule has 0 radical (unpaired) electrons. The maximum atomic E-state index is 11.7. The van der Waals surface area contributed by atoms with Crippen molar-refractivity contribution in [2.45, 2.75) is 71.1 Å². The zero-order chi connectivity index (χ0) is 17.0. The highest BCUT2D eigenvalue weighted by Gasteiger charge is 2.03. The van der Waals surface area contributed by atoms with Crippen LogP contribution in [0, 0.1) is 0 Å². The minimum atomic E-state index is -0.105. The van der Waals surface area contributed by atoms with E-state index in [4.69, 9.17) is 4.74 Å². The van der Waals surface area contributed by atoms with E-state index in [1.807, 2.05) is 24.3 Å². The molecule has 0 saturated carbocycles. The van der Waals surface area contributed by atoms with E-state index < -0.39 is 0 Å². The first-order valence-corrected chi connectivity index (χ1v) is 9.56. The third kappa shape index (κ3) is 6.38. The molecule has 1 aromatic carbocycles. The summed E-state index contributed by atoms with van der Waals surface area (Å²) in [5, 5.41) is 0.976. The highest BCUT2D eigenvalue weighted by molar-refractivity contribution is 5.84. The number of hydrogen-bond acceptors (Lipinski definition) is 2. The number of H-pyrrole nitrogens is 1. The second-order valence-electron chi connectivity index (χ2n) is 6.57. The number of para-hydroxylation sites is 1.